The molecule has 1 aromatic heterocycles. The highest BCUT2D eigenvalue weighted by molar-refractivity contribution is 8.00. The largest absolute Gasteiger partial charge is 0.383 e. The van der Waals surface area contributed by atoms with E-state index in [1.165, 1.54) is 23.4 Å². The molecule has 5 heteroatoms. The van der Waals surface area contributed by atoms with Crippen molar-refractivity contribution in [1.29, 1.82) is 0 Å². The van der Waals surface area contributed by atoms with Crippen molar-refractivity contribution in [2.75, 3.05) is 23.7 Å². The van der Waals surface area contributed by atoms with Crippen molar-refractivity contribution >= 4 is 34.1 Å². The molecular formula is C12H19N3S2. The highest BCUT2D eigenvalue weighted by atomic mass is 32.2. The van der Waals surface area contributed by atoms with Crippen LogP contribution in [0.1, 0.15) is 38.2 Å². The van der Waals surface area contributed by atoms with Gasteiger partial charge in [0.1, 0.15) is 10.8 Å². The summed E-state index contributed by atoms with van der Waals surface area (Å²) in [5, 5.41) is 2.76. The third kappa shape index (κ3) is 2.27. The summed E-state index contributed by atoms with van der Waals surface area (Å²) in [5.74, 6) is 1.48. The van der Waals surface area contributed by atoms with E-state index in [9.17, 15) is 0 Å². The summed E-state index contributed by atoms with van der Waals surface area (Å²) >= 11 is 3.68. The van der Waals surface area contributed by atoms with E-state index in [1.807, 2.05) is 0 Å². The molecule has 2 atom stereocenters. The molecule has 2 heterocycles. The molecule has 3 rings (SSSR count). The zero-order valence-electron chi connectivity index (χ0n) is 10.3. The fourth-order valence-corrected chi connectivity index (χ4v) is 4.87. The monoisotopic (exact) mass is 269 g/mol. The van der Waals surface area contributed by atoms with Crippen LogP contribution in [0.25, 0.3) is 0 Å². The van der Waals surface area contributed by atoms with Crippen molar-refractivity contribution in [3.05, 3.63) is 5.56 Å². The fourth-order valence-electron chi connectivity index (χ4n) is 2.63. The maximum absolute atomic E-state index is 6.03. The van der Waals surface area contributed by atoms with E-state index < -0.39 is 0 Å². The number of anilines is 2. The topological polar surface area (TPSA) is 42.2 Å². The maximum atomic E-state index is 6.03. The molecule has 0 aromatic carbocycles. The summed E-state index contributed by atoms with van der Waals surface area (Å²) in [6, 6.07) is 0. The van der Waals surface area contributed by atoms with Crippen LogP contribution in [0.3, 0.4) is 0 Å². The van der Waals surface area contributed by atoms with Gasteiger partial charge in [0, 0.05) is 29.2 Å². The molecule has 2 aliphatic rings. The van der Waals surface area contributed by atoms with Crippen LogP contribution in [0.5, 0.6) is 0 Å². The lowest BCUT2D eigenvalue weighted by atomic mass is 10.2. The summed E-state index contributed by atoms with van der Waals surface area (Å²) in [6.45, 7) is 6.90. The Morgan fingerprint density at radius 3 is 2.47 bits per heavy atom. The molecule has 94 valence electrons. The average molecular weight is 269 g/mol. The molecule has 2 N–H and O–H groups in total. The summed E-state index contributed by atoms with van der Waals surface area (Å²) in [6.07, 6.45) is 2.59. The van der Waals surface area contributed by atoms with Gasteiger partial charge in [0.25, 0.3) is 0 Å². The maximum Gasteiger partial charge on any atom is 0.142 e. The summed E-state index contributed by atoms with van der Waals surface area (Å²) in [7, 11) is 0. The van der Waals surface area contributed by atoms with Crippen molar-refractivity contribution in [2.24, 2.45) is 0 Å². The Morgan fingerprint density at radius 1 is 1.24 bits per heavy atom. The predicted octanol–water partition coefficient (Wildman–Crippen LogP) is 2.93. The Kier molecular flexibility index (Phi) is 2.99. The van der Waals surface area contributed by atoms with Gasteiger partial charge in [0.05, 0.1) is 0 Å². The van der Waals surface area contributed by atoms with Gasteiger partial charge < -0.3 is 10.6 Å². The van der Waals surface area contributed by atoms with Crippen LogP contribution in [0, 0.1) is 0 Å². The number of hydrogen-bond acceptors (Lipinski definition) is 5. The van der Waals surface area contributed by atoms with Gasteiger partial charge in [-0.05, 0) is 30.3 Å². The Hall–Kier alpha value is -0.420. The standard InChI is InChI=1S/C12H19N3S2/c1-7-5-15(6-8(2)16-7)12-10(9-3-4-9)11(13)14-17-12/h7-9H,3-6H2,1-2H3,(H2,13,14). The molecule has 0 radical (unpaired) electrons. The summed E-state index contributed by atoms with van der Waals surface area (Å²) in [5.41, 5.74) is 7.37. The number of nitrogens with zero attached hydrogens (tertiary/aromatic N) is 2. The molecule has 1 saturated heterocycles. The van der Waals surface area contributed by atoms with Crippen LogP contribution in [0.15, 0.2) is 0 Å². The van der Waals surface area contributed by atoms with E-state index >= 15 is 0 Å². The van der Waals surface area contributed by atoms with E-state index in [1.54, 1.807) is 11.5 Å². The molecule has 0 spiro atoms. The van der Waals surface area contributed by atoms with Gasteiger partial charge in [0.15, 0.2) is 0 Å². The molecule has 1 aromatic rings. The van der Waals surface area contributed by atoms with Crippen molar-refractivity contribution in [3.8, 4) is 0 Å². The number of aromatic nitrogens is 1. The van der Waals surface area contributed by atoms with E-state index in [0.29, 0.717) is 16.4 Å². The van der Waals surface area contributed by atoms with Crippen molar-refractivity contribution in [2.45, 2.75) is 43.1 Å². The van der Waals surface area contributed by atoms with Crippen molar-refractivity contribution in [1.82, 2.24) is 4.37 Å². The smallest absolute Gasteiger partial charge is 0.142 e. The minimum atomic E-state index is 0.698. The van der Waals surface area contributed by atoms with Gasteiger partial charge in [-0.3, -0.25) is 0 Å². The zero-order valence-corrected chi connectivity index (χ0v) is 12.0. The third-order valence-corrected chi connectivity index (χ3v) is 5.60. The van der Waals surface area contributed by atoms with Gasteiger partial charge in [-0.15, -0.1) is 0 Å². The first-order valence-electron chi connectivity index (χ1n) is 6.30. The van der Waals surface area contributed by atoms with E-state index in [2.05, 4.69) is 34.9 Å². The molecule has 0 amide bonds. The van der Waals surface area contributed by atoms with Crippen molar-refractivity contribution < 1.29 is 0 Å². The van der Waals surface area contributed by atoms with Crippen LogP contribution in [-0.4, -0.2) is 28.0 Å². The first-order valence-corrected chi connectivity index (χ1v) is 8.02. The van der Waals surface area contributed by atoms with Crippen LogP contribution < -0.4 is 10.6 Å². The second-order valence-corrected chi connectivity index (χ2v) is 7.86. The molecule has 1 aliphatic heterocycles. The quantitative estimate of drug-likeness (QED) is 0.896. The second-order valence-electron chi connectivity index (χ2n) is 5.22. The zero-order chi connectivity index (χ0) is 12.0. The highest BCUT2D eigenvalue weighted by Gasteiger charge is 2.34. The molecule has 1 saturated carbocycles. The SMILES string of the molecule is CC1CN(c2snc(N)c2C2CC2)CC(C)S1. The molecule has 17 heavy (non-hydrogen) atoms. The number of nitrogen functional groups attached to an aromatic ring is 1. The first kappa shape index (κ1) is 11.7. The van der Waals surface area contributed by atoms with Gasteiger partial charge >= 0.3 is 0 Å². The highest BCUT2D eigenvalue weighted by Crippen LogP contribution is 2.49. The average Bonchev–Trinajstić information content (AvgIpc) is 3.01. The van der Waals surface area contributed by atoms with Gasteiger partial charge in [0.2, 0.25) is 0 Å². The van der Waals surface area contributed by atoms with Crippen LogP contribution in [0.2, 0.25) is 0 Å². The normalized spacial score (nSPS) is 29.6. The fraction of sp³-hybridized carbons (Fsp3) is 0.750. The Morgan fingerprint density at radius 2 is 1.88 bits per heavy atom. The van der Waals surface area contributed by atoms with Crippen LogP contribution >= 0.6 is 23.3 Å². The minimum Gasteiger partial charge on any atom is -0.383 e. The summed E-state index contributed by atoms with van der Waals surface area (Å²) in [4.78, 5) is 2.51. The van der Waals surface area contributed by atoms with Crippen LogP contribution in [0.4, 0.5) is 10.8 Å². The van der Waals surface area contributed by atoms with E-state index in [0.717, 1.165) is 18.9 Å². The molecule has 0 bridgehead atoms. The molecule has 2 fully saturated rings. The molecule has 1 aliphatic carbocycles. The molecular weight excluding hydrogens is 250 g/mol. The lowest BCUT2D eigenvalue weighted by Gasteiger charge is -2.35. The lowest BCUT2D eigenvalue weighted by molar-refractivity contribution is 0.730. The predicted molar refractivity (Wildman–Crippen MR) is 77.2 cm³/mol. The van der Waals surface area contributed by atoms with Gasteiger partial charge in [-0.2, -0.15) is 16.1 Å². The third-order valence-electron chi connectivity index (χ3n) is 3.43. The van der Waals surface area contributed by atoms with E-state index in [4.69, 9.17) is 5.73 Å². The Balaban J connectivity index is 1.87. The number of nitrogens with two attached hydrogens (primary N) is 1. The van der Waals surface area contributed by atoms with Crippen molar-refractivity contribution in [3.63, 3.8) is 0 Å². The van der Waals surface area contributed by atoms with Gasteiger partial charge in [-0.1, -0.05) is 13.8 Å². The van der Waals surface area contributed by atoms with Gasteiger partial charge in [-0.25, -0.2) is 0 Å². The molecule has 2 unspecified atom stereocenters. The Bertz CT molecular complexity index is 404. The lowest BCUT2D eigenvalue weighted by Crippen LogP contribution is -2.40. The van der Waals surface area contributed by atoms with E-state index in [-0.39, 0.29) is 0 Å². The number of thioether (sulfide) groups is 1. The minimum absolute atomic E-state index is 0.698. The second kappa shape index (κ2) is 4.35. The first-order chi connectivity index (χ1) is 8.15. The van der Waals surface area contributed by atoms with Crippen LogP contribution in [-0.2, 0) is 0 Å². The Labute approximate surface area is 111 Å². The number of hydrogen-bond donors (Lipinski definition) is 1. The number of rotatable bonds is 2. The summed E-state index contributed by atoms with van der Waals surface area (Å²) < 4.78 is 4.37. The molecule has 3 nitrogen and oxygen atoms in total.